The van der Waals surface area contributed by atoms with Crippen LogP contribution in [0, 0.1) is 0 Å². The molecule has 0 aromatic carbocycles. The Bertz CT molecular complexity index is 70.8. The molecule has 0 spiro atoms. The van der Waals surface area contributed by atoms with Crippen molar-refractivity contribution in [3.05, 3.63) is 0 Å². The standard InChI is InChI=1S/C4H9BF3.K/c1-4(2,3)5(6,7)8;/h1-3H3;/q-1;. The summed E-state index contributed by atoms with van der Waals surface area (Å²) < 4.78 is 34.9. The Morgan fingerprint density at radius 3 is 1.11 bits per heavy atom. The number of hydrogen-bond acceptors (Lipinski definition) is 0. The molecule has 0 aromatic heterocycles. The van der Waals surface area contributed by atoms with E-state index in [0.29, 0.717) is 0 Å². The van der Waals surface area contributed by atoms with Crippen LogP contribution >= 0.6 is 0 Å². The number of rotatable bonds is 0. The minimum absolute atomic E-state index is 0. The van der Waals surface area contributed by atoms with Gasteiger partial charge in [0.1, 0.15) is 0 Å². The molecule has 0 rings (SSSR count). The van der Waals surface area contributed by atoms with Crippen molar-refractivity contribution in [2.45, 2.75) is 26.1 Å². The summed E-state index contributed by atoms with van der Waals surface area (Å²) in [4.78, 5) is 0. The van der Waals surface area contributed by atoms with Gasteiger partial charge < -0.3 is 12.9 Å². The van der Waals surface area contributed by atoms with Gasteiger partial charge in [0.2, 0.25) is 0 Å². The molecule has 0 fully saturated rings. The summed E-state index contributed by atoms with van der Waals surface area (Å²) in [7, 11) is 0. The smallest absolute Gasteiger partial charge is 0.449 e. The zero-order chi connectivity index (χ0) is 7.00. The van der Waals surface area contributed by atoms with Crippen molar-refractivity contribution in [1.29, 1.82) is 0 Å². The van der Waals surface area contributed by atoms with Gasteiger partial charge >= 0.3 is 6.98 Å². The maximum atomic E-state index is 11.6. The van der Waals surface area contributed by atoms with Gasteiger partial charge in [-0.3, -0.25) is 0 Å². The Morgan fingerprint density at radius 2 is 1.11 bits per heavy atom. The van der Waals surface area contributed by atoms with Crippen molar-refractivity contribution in [1.82, 2.24) is 0 Å². The average Bonchev–Trinajstić information content (AvgIpc) is 1.25. The number of halogens is 3. The van der Waals surface area contributed by atoms with Crippen LogP contribution in [0.15, 0.2) is 0 Å². The fraction of sp³-hybridized carbons (Fsp3) is 1.00. The van der Waals surface area contributed by atoms with Crippen LogP contribution in [0.1, 0.15) is 20.8 Å². The second-order valence-electron chi connectivity index (χ2n) is 2.94. The van der Waals surface area contributed by atoms with Crippen molar-refractivity contribution in [2.75, 3.05) is 0 Å². The topological polar surface area (TPSA) is 0 Å². The molecule has 0 bridgehead atoms. The first kappa shape index (κ1) is 13.1. The molecule has 0 aliphatic carbocycles. The molecule has 0 aliphatic rings. The predicted molar refractivity (Wildman–Crippen MR) is 34.5 cm³/mol. The number of hydrogen-bond donors (Lipinski definition) is 0. The Kier molecular flexibility index (Phi) is 5.48. The fourth-order valence-corrected chi connectivity index (χ4v) is 0. The first-order valence-corrected chi connectivity index (χ1v) is 2.44. The molecular weight excluding hydrogens is 155 g/mol. The van der Waals surface area contributed by atoms with Crippen LogP contribution in [0.5, 0.6) is 0 Å². The largest absolute Gasteiger partial charge is 0.483 e. The maximum Gasteiger partial charge on any atom is 0.483 e. The van der Waals surface area contributed by atoms with E-state index in [9.17, 15) is 12.9 Å². The minimum atomic E-state index is -4.65. The van der Waals surface area contributed by atoms with E-state index in [1.807, 2.05) is 0 Å². The maximum absolute atomic E-state index is 11.6. The van der Waals surface area contributed by atoms with Gasteiger partial charge in [0, 0.05) is 51.4 Å². The monoisotopic (exact) mass is 164 g/mol. The minimum Gasteiger partial charge on any atom is -0.449 e. The zero-order valence-corrected chi connectivity index (χ0v) is 9.33. The quantitative estimate of drug-likeness (QED) is 0.481. The fourth-order valence-electron chi connectivity index (χ4n) is 0. The van der Waals surface area contributed by atoms with Crippen LogP contribution < -0.4 is 0 Å². The Balaban J connectivity index is 0. The summed E-state index contributed by atoms with van der Waals surface area (Å²) in [5.41, 5.74) is 0. The van der Waals surface area contributed by atoms with E-state index in [-0.39, 0.29) is 51.4 Å². The van der Waals surface area contributed by atoms with E-state index in [4.69, 9.17) is 0 Å². The van der Waals surface area contributed by atoms with E-state index in [1.54, 1.807) is 0 Å². The predicted octanol–water partition coefficient (Wildman–Crippen LogP) is 2.25. The second kappa shape index (κ2) is 3.76. The van der Waals surface area contributed by atoms with Crippen LogP contribution in [0.2, 0.25) is 5.31 Å². The van der Waals surface area contributed by atoms with Gasteiger partial charge in [-0.15, -0.1) is 0 Å². The molecule has 5 heteroatoms. The van der Waals surface area contributed by atoms with E-state index >= 15 is 0 Å². The Labute approximate surface area is 96.1 Å². The molecule has 0 N–H and O–H groups in total. The molecule has 0 amide bonds. The van der Waals surface area contributed by atoms with Gasteiger partial charge in [-0.1, -0.05) is 26.1 Å². The first-order chi connectivity index (χ1) is 3.25. The summed E-state index contributed by atoms with van der Waals surface area (Å²) in [5.74, 6) is 0. The van der Waals surface area contributed by atoms with Crippen molar-refractivity contribution >= 4 is 58.4 Å². The van der Waals surface area contributed by atoms with E-state index in [2.05, 4.69) is 0 Å². The van der Waals surface area contributed by atoms with Crippen molar-refractivity contribution in [2.24, 2.45) is 0 Å². The molecule has 0 heterocycles. The SMILES string of the molecule is CC(C)(C)[B-](F)(F)F.[K]. The van der Waals surface area contributed by atoms with Gasteiger partial charge in [0.25, 0.3) is 0 Å². The van der Waals surface area contributed by atoms with Gasteiger partial charge in [-0.2, -0.15) is 0 Å². The summed E-state index contributed by atoms with van der Waals surface area (Å²) in [6.45, 7) is -1.13. The van der Waals surface area contributed by atoms with Crippen LogP contribution in [0.25, 0.3) is 0 Å². The van der Waals surface area contributed by atoms with Crippen molar-refractivity contribution < 1.29 is 12.9 Å². The normalized spacial score (nSPS) is 12.7. The molecular formula is C4H9BF3K-. The third kappa shape index (κ3) is 4.84. The molecule has 0 saturated heterocycles. The van der Waals surface area contributed by atoms with E-state index < -0.39 is 12.3 Å². The van der Waals surface area contributed by atoms with Gasteiger partial charge in [-0.05, 0) is 0 Å². The molecule has 0 aliphatic heterocycles. The van der Waals surface area contributed by atoms with Gasteiger partial charge in [-0.25, -0.2) is 0 Å². The van der Waals surface area contributed by atoms with Gasteiger partial charge in [0.05, 0.1) is 0 Å². The molecule has 0 aromatic rings. The summed E-state index contributed by atoms with van der Waals surface area (Å²) in [6, 6.07) is 0. The first-order valence-electron chi connectivity index (χ1n) is 2.44. The second-order valence-corrected chi connectivity index (χ2v) is 2.94. The van der Waals surface area contributed by atoms with Crippen molar-refractivity contribution in [3.63, 3.8) is 0 Å². The molecule has 0 unspecified atom stereocenters. The Hall–Kier alpha value is 1.49. The average molecular weight is 164 g/mol. The summed E-state index contributed by atoms with van der Waals surface area (Å²) in [5, 5.41) is -1.50. The van der Waals surface area contributed by atoms with Crippen molar-refractivity contribution in [3.8, 4) is 0 Å². The van der Waals surface area contributed by atoms with E-state index in [1.165, 1.54) is 20.8 Å². The molecule has 1 radical (unpaired) electrons. The molecule has 0 atom stereocenters. The zero-order valence-electron chi connectivity index (χ0n) is 6.21. The van der Waals surface area contributed by atoms with Crippen LogP contribution in [-0.4, -0.2) is 58.4 Å². The molecule has 0 saturated carbocycles. The third-order valence-electron chi connectivity index (χ3n) is 0.982. The summed E-state index contributed by atoms with van der Waals surface area (Å²) >= 11 is 0. The Morgan fingerprint density at radius 1 is 1.00 bits per heavy atom. The van der Waals surface area contributed by atoms with E-state index in [0.717, 1.165) is 0 Å². The summed E-state index contributed by atoms with van der Waals surface area (Å²) in [6.07, 6.45) is 0. The van der Waals surface area contributed by atoms with Gasteiger partial charge in [0.15, 0.2) is 0 Å². The molecule has 9 heavy (non-hydrogen) atoms. The third-order valence-corrected chi connectivity index (χ3v) is 0.982. The van der Waals surface area contributed by atoms with Crippen LogP contribution in [-0.2, 0) is 0 Å². The molecule has 51 valence electrons. The molecule has 0 nitrogen and oxygen atoms in total. The van der Waals surface area contributed by atoms with Crippen LogP contribution in [0.3, 0.4) is 0 Å². The van der Waals surface area contributed by atoms with Crippen LogP contribution in [0.4, 0.5) is 12.9 Å².